The number of aliphatic carboxylic acids is 1. The Morgan fingerprint density at radius 1 is 1.42 bits per heavy atom. The lowest BCUT2D eigenvalue weighted by Crippen LogP contribution is -2.23. The molecule has 7 nitrogen and oxygen atoms in total. The molecule has 1 atom stereocenters. The third-order valence-corrected chi connectivity index (χ3v) is 3.43. The molecule has 0 saturated carbocycles. The SMILES string of the molecule is Cc1cc(C)n2nc(N3CC[C@@H](C(=O)O)C3)nc2n1. The van der Waals surface area contributed by atoms with Gasteiger partial charge in [0.25, 0.3) is 5.78 Å². The molecule has 1 saturated heterocycles. The van der Waals surface area contributed by atoms with E-state index in [0.717, 1.165) is 11.4 Å². The van der Waals surface area contributed by atoms with Crippen molar-refractivity contribution in [1.82, 2.24) is 19.6 Å². The predicted molar refractivity (Wildman–Crippen MR) is 68.2 cm³/mol. The Kier molecular flexibility index (Phi) is 2.62. The van der Waals surface area contributed by atoms with Crippen LogP contribution in [0.1, 0.15) is 17.8 Å². The van der Waals surface area contributed by atoms with E-state index in [0.29, 0.717) is 31.2 Å². The zero-order valence-corrected chi connectivity index (χ0v) is 10.9. The molecule has 1 aliphatic rings. The molecule has 0 aromatic carbocycles. The Morgan fingerprint density at radius 2 is 2.21 bits per heavy atom. The van der Waals surface area contributed by atoms with Gasteiger partial charge in [0.2, 0.25) is 5.95 Å². The fourth-order valence-electron chi connectivity index (χ4n) is 2.43. The molecule has 1 fully saturated rings. The molecule has 7 heteroatoms. The van der Waals surface area contributed by atoms with Gasteiger partial charge in [-0.25, -0.2) is 4.98 Å². The Labute approximate surface area is 109 Å². The number of hydrogen-bond acceptors (Lipinski definition) is 5. The van der Waals surface area contributed by atoms with Gasteiger partial charge in [-0.05, 0) is 26.3 Å². The van der Waals surface area contributed by atoms with Crippen molar-refractivity contribution in [3.63, 3.8) is 0 Å². The largest absolute Gasteiger partial charge is 0.481 e. The highest BCUT2D eigenvalue weighted by atomic mass is 16.4. The molecule has 0 amide bonds. The first kappa shape index (κ1) is 11.9. The fourth-order valence-corrected chi connectivity index (χ4v) is 2.43. The van der Waals surface area contributed by atoms with Crippen molar-refractivity contribution in [2.75, 3.05) is 18.0 Å². The minimum absolute atomic E-state index is 0.331. The number of carboxylic acid groups (broad SMARTS) is 1. The van der Waals surface area contributed by atoms with Crippen molar-refractivity contribution >= 4 is 17.7 Å². The third-order valence-electron chi connectivity index (χ3n) is 3.43. The van der Waals surface area contributed by atoms with Crippen molar-refractivity contribution in [1.29, 1.82) is 0 Å². The summed E-state index contributed by atoms with van der Waals surface area (Å²) in [6.07, 6.45) is 0.635. The second kappa shape index (κ2) is 4.18. The van der Waals surface area contributed by atoms with Crippen molar-refractivity contribution in [3.8, 4) is 0 Å². The molecule has 3 rings (SSSR count). The number of carbonyl (C=O) groups is 1. The number of anilines is 1. The van der Waals surface area contributed by atoms with Gasteiger partial charge in [-0.2, -0.15) is 9.50 Å². The van der Waals surface area contributed by atoms with E-state index in [-0.39, 0.29) is 5.92 Å². The van der Waals surface area contributed by atoms with Crippen LogP contribution in [0.25, 0.3) is 5.78 Å². The summed E-state index contributed by atoms with van der Waals surface area (Å²) in [6.45, 7) is 5.00. The van der Waals surface area contributed by atoms with E-state index in [4.69, 9.17) is 5.11 Å². The highest BCUT2D eigenvalue weighted by Crippen LogP contribution is 2.21. The molecule has 1 N–H and O–H groups in total. The normalized spacial score (nSPS) is 19.3. The summed E-state index contributed by atoms with van der Waals surface area (Å²) in [7, 11) is 0. The molecule has 0 unspecified atom stereocenters. The molecule has 0 aliphatic carbocycles. The first-order valence-corrected chi connectivity index (χ1v) is 6.23. The van der Waals surface area contributed by atoms with E-state index in [2.05, 4.69) is 15.1 Å². The quantitative estimate of drug-likeness (QED) is 0.854. The lowest BCUT2D eigenvalue weighted by atomic mass is 10.1. The predicted octanol–water partition coefficient (Wildman–Crippen LogP) is 0.652. The van der Waals surface area contributed by atoms with Crippen LogP contribution >= 0.6 is 0 Å². The summed E-state index contributed by atoms with van der Waals surface area (Å²) in [4.78, 5) is 21.6. The van der Waals surface area contributed by atoms with Crippen LogP contribution in [0.3, 0.4) is 0 Å². The molecule has 0 bridgehead atoms. The van der Waals surface area contributed by atoms with E-state index in [9.17, 15) is 4.79 Å². The minimum Gasteiger partial charge on any atom is -0.481 e. The lowest BCUT2D eigenvalue weighted by molar-refractivity contribution is -0.140. The molecule has 2 aromatic heterocycles. The van der Waals surface area contributed by atoms with Crippen LogP contribution in [0, 0.1) is 19.8 Å². The Morgan fingerprint density at radius 3 is 2.89 bits per heavy atom. The van der Waals surface area contributed by atoms with Crippen LogP contribution in [0.5, 0.6) is 0 Å². The molecule has 0 radical (unpaired) electrons. The number of aromatic nitrogens is 4. The van der Waals surface area contributed by atoms with E-state index < -0.39 is 5.97 Å². The molecule has 1 aliphatic heterocycles. The number of nitrogens with zero attached hydrogens (tertiary/aromatic N) is 5. The van der Waals surface area contributed by atoms with Crippen molar-refractivity contribution < 1.29 is 9.90 Å². The summed E-state index contributed by atoms with van der Waals surface area (Å²) < 4.78 is 1.69. The third kappa shape index (κ3) is 2.00. The first-order valence-electron chi connectivity index (χ1n) is 6.23. The van der Waals surface area contributed by atoms with Crippen molar-refractivity contribution in [2.45, 2.75) is 20.3 Å². The second-order valence-electron chi connectivity index (χ2n) is 4.93. The van der Waals surface area contributed by atoms with Crippen LogP contribution in [-0.2, 0) is 4.79 Å². The molecule has 100 valence electrons. The zero-order chi connectivity index (χ0) is 13.6. The standard InChI is InChI=1S/C12H15N5O2/c1-7-5-8(2)17-11(13-7)14-12(15-17)16-4-3-9(6-16)10(18)19/h5,9H,3-4,6H2,1-2H3,(H,18,19)/t9-/m1/s1. The Bertz CT molecular complexity index is 651. The van der Waals surface area contributed by atoms with Gasteiger partial charge < -0.3 is 10.0 Å². The maximum Gasteiger partial charge on any atom is 0.308 e. The van der Waals surface area contributed by atoms with Gasteiger partial charge in [-0.1, -0.05) is 0 Å². The van der Waals surface area contributed by atoms with Gasteiger partial charge in [0.05, 0.1) is 5.92 Å². The number of hydrogen-bond donors (Lipinski definition) is 1. The number of carboxylic acids is 1. The van der Waals surface area contributed by atoms with Crippen LogP contribution < -0.4 is 4.90 Å². The number of fused-ring (bicyclic) bond motifs is 1. The van der Waals surface area contributed by atoms with E-state index in [1.54, 1.807) is 4.52 Å². The molecular formula is C12H15N5O2. The van der Waals surface area contributed by atoms with E-state index in [1.807, 2.05) is 24.8 Å². The summed E-state index contributed by atoms with van der Waals surface area (Å²) >= 11 is 0. The zero-order valence-electron chi connectivity index (χ0n) is 10.9. The van der Waals surface area contributed by atoms with Crippen molar-refractivity contribution in [2.24, 2.45) is 5.92 Å². The number of rotatable bonds is 2. The minimum atomic E-state index is -0.753. The van der Waals surface area contributed by atoms with Crippen LogP contribution in [0.2, 0.25) is 0 Å². The van der Waals surface area contributed by atoms with Gasteiger partial charge >= 0.3 is 5.97 Å². The lowest BCUT2D eigenvalue weighted by Gasteiger charge is -2.11. The smallest absolute Gasteiger partial charge is 0.308 e. The summed E-state index contributed by atoms with van der Waals surface area (Å²) in [5, 5.41) is 13.4. The van der Waals surface area contributed by atoms with Crippen molar-refractivity contribution in [3.05, 3.63) is 17.5 Å². The van der Waals surface area contributed by atoms with E-state index in [1.165, 1.54) is 0 Å². The van der Waals surface area contributed by atoms with Gasteiger partial charge in [0.1, 0.15) is 0 Å². The maximum absolute atomic E-state index is 11.0. The van der Waals surface area contributed by atoms with Gasteiger partial charge in [-0.15, -0.1) is 5.10 Å². The van der Waals surface area contributed by atoms with Gasteiger partial charge in [0, 0.05) is 24.5 Å². The number of aryl methyl sites for hydroxylation is 2. The Balaban J connectivity index is 1.94. The molecule has 2 aromatic rings. The van der Waals surface area contributed by atoms with Gasteiger partial charge in [-0.3, -0.25) is 4.79 Å². The highest BCUT2D eigenvalue weighted by molar-refractivity contribution is 5.71. The van der Waals surface area contributed by atoms with E-state index >= 15 is 0 Å². The molecular weight excluding hydrogens is 246 g/mol. The summed E-state index contributed by atoms with van der Waals surface area (Å²) in [6, 6.07) is 1.94. The average Bonchev–Trinajstić information content (AvgIpc) is 2.92. The summed E-state index contributed by atoms with van der Waals surface area (Å²) in [5.74, 6) is 0.0371. The molecule has 0 spiro atoms. The summed E-state index contributed by atoms with van der Waals surface area (Å²) in [5.41, 5.74) is 1.86. The molecule has 19 heavy (non-hydrogen) atoms. The topological polar surface area (TPSA) is 83.6 Å². The molecule has 3 heterocycles. The van der Waals surface area contributed by atoms with Crippen LogP contribution in [0.4, 0.5) is 5.95 Å². The van der Waals surface area contributed by atoms with Gasteiger partial charge in [0.15, 0.2) is 0 Å². The Hall–Kier alpha value is -2.18. The maximum atomic E-state index is 11.0. The monoisotopic (exact) mass is 261 g/mol. The van der Waals surface area contributed by atoms with Crippen LogP contribution in [-0.4, -0.2) is 43.7 Å². The van der Waals surface area contributed by atoms with Crippen LogP contribution in [0.15, 0.2) is 6.07 Å². The highest BCUT2D eigenvalue weighted by Gasteiger charge is 2.30. The fraction of sp³-hybridized carbons (Fsp3) is 0.500. The second-order valence-corrected chi connectivity index (χ2v) is 4.93. The first-order chi connectivity index (χ1) is 9.04. The average molecular weight is 261 g/mol.